The van der Waals surface area contributed by atoms with E-state index in [1.165, 1.54) is 11.8 Å². The average molecular weight is 455 g/mol. The van der Waals surface area contributed by atoms with E-state index in [0.29, 0.717) is 10.2 Å². The SMILES string of the molecule is O=C(CSc1ncc(-c2ccccc2)n1-c1ccccc1Cl)NCC(=O)N1CCCC1. The van der Waals surface area contributed by atoms with Crippen molar-refractivity contribution < 1.29 is 9.59 Å². The van der Waals surface area contributed by atoms with E-state index in [1.807, 2.05) is 59.2 Å². The van der Waals surface area contributed by atoms with E-state index >= 15 is 0 Å². The molecule has 2 aromatic carbocycles. The Kier molecular flexibility index (Phi) is 6.94. The number of halogens is 1. The molecule has 3 aromatic rings. The van der Waals surface area contributed by atoms with Crippen molar-refractivity contribution in [3.63, 3.8) is 0 Å². The van der Waals surface area contributed by atoms with E-state index in [4.69, 9.17) is 11.6 Å². The third kappa shape index (κ3) is 5.11. The molecule has 160 valence electrons. The number of nitrogens with zero attached hydrogens (tertiary/aromatic N) is 3. The number of carbonyl (C=O) groups is 2. The number of likely N-dealkylation sites (tertiary alicyclic amines) is 1. The zero-order valence-electron chi connectivity index (χ0n) is 17.0. The lowest BCUT2D eigenvalue weighted by Gasteiger charge is -2.15. The van der Waals surface area contributed by atoms with Crippen LogP contribution in [0.1, 0.15) is 12.8 Å². The van der Waals surface area contributed by atoms with Crippen molar-refractivity contribution in [3.05, 3.63) is 65.8 Å². The normalized spacial score (nSPS) is 13.4. The second-order valence-electron chi connectivity index (χ2n) is 7.23. The van der Waals surface area contributed by atoms with Gasteiger partial charge in [0.05, 0.1) is 34.9 Å². The van der Waals surface area contributed by atoms with E-state index < -0.39 is 0 Å². The second-order valence-corrected chi connectivity index (χ2v) is 8.58. The van der Waals surface area contributed by atoms with E-state index in [0.717, 1.165) is 42.9 Å². The molecule has 0 saturated carbocycles. The van der Waals surface area contributed by atoms with E-state index in [1.54, 1.807) is 11.1 Å². The van der Waals surface area contributed by atoms with Gasteiger partial charge in [-0.1, -0.05) is 65.8 Å². The number of carbonyl (C=O) groups excluding carboxylic acids is 2. The fourth-order valence-electron chi connectivity index (χ4n) is 3.55. The molecule has 4 rings (SSSR count). The maximum absolute atomic E-state index is 12.4. The van der Waals surface area contributed by atoms with Gasteiger partial charge in [-0.25, -0.2) is 4.98 Å². The van der Waals surface area contributed by atoms with Gasteiger partial charge >= 0.3 is 0 Å². The zero-order valence-corrected chi connectivity index (χ0v) is 18.5. The molecule has 0 radical (unpaired) electrons. The van der Waals surface area contributed by atoms with Gasteiger partial charge in [0.15, 0.2) is 5.16 Å². The Morgan fingerprint density at radius 1 is 1.03 bits per heavy atom. The first-order valence-electron chi connectivity index (χ1n) is 10.2. The molecule has 1 N–H and O–H groups in total. The fraction of sp³-hybridized carbons (Fsp3) is 0.261. The lowest BCUT2D eigenvalue weighted by molar-refractivity contribution is -0.131. The van der Waals surface area contributed by atoms with Crippen LogP contribution in [0.4, 0.5) is 0 Å². The van der Waals surface area contributed by atoms with Gasteiger partial charge in [-0.3, -0.25) is 14.2 Å². The van der Waals surface area contributed by atoms with Crippen LogP contribution in [0.25, 0.3) is 16.9 Å². The minimum absolute atomic E-state index is 0.0280. The van der Waals surface area contributed by atoms with Gasteiger partial charge in [0, 0.05) is 18.7 Å². The zero-order chi connectivity index (χ0) is 21.6. The van der Waals surface area contributed by atoms with Crippen LogP contribution < -0.4 is 5.32 Å². The summed E-state index contributed by atoms with van der Waals surface area (Å²) in [7, 11) is 0. The van der Waals surface area contributed by atoms with Gasteiger partial charge in [0.1, 0.15) is 0 Å². The number of hydrogen-bond acceptors (Lipinski definition) is 4. The summed E-state index contributed by atoms with van der Waals surface area (Å²) in [5, 5.41) is 3.98. The van der Waals surface area contributed by atoms with Gasteiger partial charge < -0.3 is 10.2 Å². The van der Waals surface area contributed by atoms with Crippen LogP contribution in [-0.4, -0.2) is 51.7 Å². The van der Waals surface area contributed by atoms with Crippen molar-refractivity contribution in [3.8, 4) is 16.9 Å². The highest BCUT2D eigenvalue weighted by atomic mass is 35.5. The molecule has 0 bridgehead atoms. The Bertz CT molecular complexity index is 1060. The smallest absolute Gasteiger partial charge is 0.241 e. The van der Waals surface area contributed by atoms with Crippen LogP contribution in [0.15, 0.2) is 66.0 Å². The third-order valence-corrected chi connectivity index (χ3v) is 6.39. The summed E-state index contributed by atoms with van der Waals surface area (Å²) in [5.41, 5.74) is 2.69. The van der Waals surface area contributed by atoms with Crippen LogP contribution in [0.2, 0.25) is 5.02 Å². The molecular formula is C23H23ClN4O2S. The number of imidazole rings is 1. The predicted molar refractivity (Wildman–Crippen MR) is 124 cm³/mol. The minimum Gasteiger partial charge on any atom is -0.346 e. The molecule has 1 aliphatic rings. The molecule has 0 spiro atoms. The van der Waals surface area contributed by atoms with E-state index in [9.17, 15) is 9.59 Å². The van der Waals surface area contributed by atoms with Crippen molar-refractivity contribution in [2.45, 2.75) is 18.0 Å². The molecule has 31 heavy (non-hydrogen) atoms. The van der Waals surface area contributed by atoms with Crippen LogP contribution in [0, 0.1) is 0 Å². The summed E-state index contributed by atoms with van der Waals surface area (Å²) in [5.74, 6) is -0.0736. The number of thioether (sulfide) groups is 1. The van der Waals surface area contributed by atoms with Crippen LogP contribution in [0.3, 0.4) is 0 Å². The Morgan fingerprint density at radius 2 is 1.74 bits per heavy atom. The number of benzene rings is 2. The first kappa shape index (κ1) is 21.5. The molecule has 1 aliphatic heterocycles. The molecule has 6 nitrogen and oxygen atoms in total. The molecule has 1 fully saturated rings. The predicted octanol–water partition coefficient (Wildman–Crippen LogP) is 4.02. The monoisotopic (exact) mass is 454 g/mol. The molecular weight excluding hydrogens is 432 g/mol. The topological polar surface area (TPSA) is 67.2 Å². The number of rotatable bonds is 7. The number of hydrogen-bond donors (Lipinski definition) is 1. The lowest BCUT2D eigenvalue weighted by Crippen LogP contribution is -2.39. The van der Waals surface area contributed by atoms with E-state index in [2.05, 4.69) is 10.3 Å². The van der Waals surface area contributed by atoms with Gasteiger partial charge in [-0.2, -0.15) is 0 Å². The first-order chi connectivity index (χ1) is 15.1. The number of nitrogens with one attached hydrogen (secondary N) is 1. The van der Waals surface area contributed by atoms with Crippen molar-refractivity contribution in [2.75, 3.05) is 25.4 Å². The Morgan fingerprint density at radius 3 is 2.48 bits per heavy atom. The Labute approximate surface area is 190 Å². The summed E-state index contributed by atoms with van der Waals surface area (Å²) in [6, 6.07) is 17.5. The summed E-state index contributed by atoms with van der Waals surface area (Å²) < 4.78 is 1.96. The Hall–Kier alpha value is -2.77. The molecule has 1 aromatic heterocycles. The van der Waals surface area contributed by atoms with Crippen molar-refractivity contribution in [2.24, 2.45) is 0 Å². The summed E-state index contributed by atoms with van der Waals surface area (Å²) in [6.07, 6.45) is 3.85. The van der Waals surface area contributed by atoms with Crippen LogP contribution >= 0.6 is 23.4 Å². The van der Waals surface area contributed by atoms with Crippen molar-refractivity contribution >= 4 is 35.2 Å². The maximum atomic E-state index is 12.4. The van der Waals surface area contributed by atoms with E-state index in [-0.39, 0.29) is 24.1 Å². The molecule has 0 aliphatic carbocycles. The number of aromatic nitrogens is 2. The van der Waals surface area contributed by atoms with Gasteiger partial charge in [0.25, 0.3) is 0 Å². The molecule has 8 heteroatoms. The maximum Gasteiger partial charge on any atom is 0.241 e. The fourth-order valence-corrected chi connectivity index (χ4v) is 4.58. The van der Waals surface area contributed by atoms with Gasteiger partial charge in [-0.15, -0.1) is 0 Å². The largest absolute Gasteiger partial charge is 0.346 e. The summed E-state index contributed by atoms with van der Waals surface area (Å²) in [4.78, 5) is 30.8. The van der Waals surface area contributed by atoms with Gasteiger partial charge in [0.2, 0.25) is 11.8 Å². The second kappa shape index (κ2) is 10.0. The van der Waals surface area contributed by atoms with Crippen molar-refractivity contribution in [1.29, 1.82) is 0 Å². The van der Waals surface area contributed by atoms with Crippen LogP contribution in [0.5, 0.6) is 0 Å². The third-order valence-electron chi connectivity index (χ3n) is 5.12. The minimum atomic E-state index is -0.201. The Balaban J connectivity index is 1.49. The highest BCUT2D eigenvalue weighted by Crippen LogP contribution is 2.32. The number of para-hydroxylation sites is 1. The highest BCUT2D eigenvalue weighted by molar-refractivity contribution is 7.99. The quantitative estimate of drug-likeness (QED) is 0.547. The average Bonchev–Trinajstić information content (AvgIpc) is 3.47. The molecule has 2 amide bonds. The summed E-state index contributed by atoms with van der Waals surface area (Å²) >= 11 is 7.79. The molecule has 0 atom stereocenters. The first-order valence-corrected chi connectivity index (χ1v) is 11.5. The number of amides is 2. The highest BCUT2D eigenvalue weighted by Gasteiger charge is 2.20. The molecule has 0 unspecified atom stereocenters. The standard InChI is InChI=1S/C23H23ClN4O2S/c24-18-10-4-5-11-19(18)28-20(17-8-2-1-3-9-17)14-26-23(28)31-16-21(29)25-15-22(30)27-12-6-7-13-27/h1-5,8-11,14H,6-7,12-13,15-16H2,(H,25,29). The van der Waals surface area contributed by atoms with Gasteiger partial charge in [-0.05, 0) is 25.0 Å². The van der Waals surface area contributed by atoms with Crippen LogP contribution in [-0.2, 0) is 9.59 Å². The summed E-state index contributed by atoms with van der Waals surface area (Å²) in [6.45, 7) is 1.59. The lowest BCUT2D eigenvalue weighted by atomic mass is 10.1. The molecule has 1 saturated heterocycles. The van der Waals surface area contributed by atoms with Crippen molar-refractivity contribution in [1.82, 2.24) is 19.8 Å². The molecule has 2 heterocycles.